The molecule has 5 nitrogen and oxygen atoms in total. The molecule has 1 amide bonds. The summed E-state index contributed by atoms with van der Waals surface area (Å²) in [7, 11) is 0. The Balaban J connectivity index is 1.42. The molecular weight excluding hydrogens is 432 g/mol. The van der Waals surface area contributed by atoms with Gasteiger partial charge in [-0.2, -0.15) is 0 Å². The summed E-state index contributed by atoms with van der Waals surface area (Å²) in [6.07, 6.45) is 0. The quantitative estimate of drug-likeness (QED) is 0.304. The maximum Gasteiger partial charge on any atom is 0.255 e. The molecule has 5 rings (SSSR count). The summed E-state index contributed by atoms with van der Waals surface area (Å²) < 4.78 is 0. The topological polar surface area (TPSA) is 66.9 Å². The van der Waals surface area contributed by atoms with E-state index in [1.165, 1.54) is 0 Å². The number of halogens is 1. The Morgan fingerprint density at radius 1 is 0.727 bits per heavy atom. The molecule has 0 aliphatic rings. The van der Waals surface area contributed by atoms with Crippen LogP contribution in [0.2, 0.25) is 5.02 Å². The van der Waals surface area contributed by atoms with Crippen molar-refractivity contribution in [2.45, 2.75) is 0 Å². The van der Waals surface area contributed by atoms with Crippen LogP contribution in [0.15, 0.2) is 103 Å². The van der Waals surface area contributed by atoms with Crippen LogP contribution >= 0.6 is 11.6 Å². The number of fused-ring (bicyclic) bond motifs is 1. The van der Waals surface area contributed by atoms with E-state index in [0.717, 1.165) is 33.5 Å². The highest BCUT2D eigenvalue weighted by Crippen LogP contribution is 2.30. The molecule has 0 bridgehead atoms. The van der Waals surface area contributed by atoms with Crippen LogP contribution in [0.1, 0.15) is 10.4 Å². The molecule has 0 spiro atoms. The van der Waals surface area contributed by atoms with E-state index in [4.69, 9.17) is 16.6 Å². The van der Waals surface area contributed by atoms with Crippen LogP contribution in [0.3, 0.4) is 0 Å². The van der Waals surface area contributed by atoms with Gasteiger partial charge in [0.15, 0.2) is 0 Å². The van der Waals surface area contributed by atoms with Crippen molar-refractivity contribution in [1.82, 2.24) is 9.97 Å². The van der Waals surface area contributed by atoms with Gasteiger partial charge in [0, 0.05) is 32.9 Å². The average Bonchev–Trinajstić information content (AvgIpc) is 2.85. The molecule has 0 atom stereocenters. The normalized spacial score (nSPS) is 10.7. The zero-order valence-corrected chi connectivity index (χ0v) is 18.3. The van der Waals surface area contributed by atoms with Crippen LogP contribution in [-0.4, -0.2) is 15.9 Å². The minimum atomic E-state index is -0.169. The van der Waals surface area contributed by atoms with Crippen LogP contribution < -0.4 is 10.6 Å². The second-order valence-corrected chi connectivity index (χ2v) is 7.88. The average molecular weight is 451 g/mol. The maximum atomic E-state index is 12.5. The van der Waals surface area contributed by atoms with Crippen LogP contribution in [0, 0.1) is 0 Å². The number of para-hydroxylation sites is 1. The Hall–Kier alpha value is -4.22. The Kier molecular flexibility index (Phi) is 5.70. The first-order chi connectivity index (χ1) is 16.2. The number of aromatic nitrogens is 2. The van der Waals surface area contributed by atoms with Gasteiger partial charge < -0.3 is 10.6 Å². The van der Waals surface area contributed by atoms with Crippen LogP contribution in [0.5, 0.6) is 0 Å². The minimum Gasteiger partial charge on any atom is -0.324 e. The smallest absolute Gasteiger partial charge is 0.255 e. The highest BCUT2D eigenvalue weighted by Gasteiger charge is 2.11. The zero-order chi connectivity index (χ0) is 22.6. The third kappa shape index (κ3) is 4.68. The molecule has 0 aliphatic heterocycles. The van der Waals surface area contributed by atoms with Gasteiger partial charge in [0.05, 0.1) is 11.2 Å². The van der Waals surface area contributed by atoms with E-state index in [1.54, 1.807) is 12.1 Å². The number of carbonyl (C=O) groups is 1. The lowest BCUT2D eigenvalue weighted by molar-refractivity contribution is 0.102. The summed E-state index contributed by atoms with van der Waals surface area (Å²) in [4.78, 5) is 21.9. The fourth-order valence-electron chi connectivity index (χ4n) is 3.53. The summed E-state index contributed by atoms with van der Waals surface area (Å²) in [5, 5.41) is 7.65. The number of amides is 1. The van der Waals surface area contributed by atoms with Crippen LogP contribution in [0.25, 0.3) is 22.2 Å². The molecule has 1 aromatic heterocycles. The highest BCUT2D eigenvalue weighted by molar-refractivity contribution is 6.31. The van der Waals surface area contributed by atoms with Gasteiger partial charge in [0.25, 0.3) is 5.91 Å². The fraction of sp³-hybridized carbons (Fsp3) is 0. The standard InChI is InChI=1S/C27H19ClN4O/c28-20-13-16-24-23(17-20)25(18-7-3-1-4-8-18)32-27(31-24)30-22-14-11-19(12-15-22)26(33)29-21-9-5-2-6-10-21/h1-17H,(H,29,33)(H,30,31,32). The van der Waals surface area contributed by atoms with Crippen LogP contribution in [-0.2, 0) is 0 Å². The van der Waals surface area contributed by atoms with Crippen molar-refractivity contribution in [1.29, 1.82) is 0 Å². The molecule has 2 N–H and O–H groups in total. The highest BCUT2D eigenvalue weighted by atomic mass is 35.5. The number of anilines is 3. The number of benzene rings is 4. The van der Waals surface area contributed by atoms with Crippen molar-refractivity contribution in [3.8, 4) is 11.3 Å². The van der Waals surface area contributed by atoms with Gasteiger partial charge in [-0.05, 0) is 54.6 Å². The maximum absolute atomic E-state index is 12.5. The summed E-state index contributed by atoms with van der Waals surface area (Å²) in [6.45, 7) is 0. The number of carbonyl (C=O) groups excluding carboxylic acids is 1. The van der Waals surface area contributed by atoms with Gasteiger partial charge in [-0.15, -0.1) is 0 Å². The largest absolute Gasteiger partial charge is 0.324 e. The van der Waals surface area contributed by atoms with Crippen molar-refractivity contribution in [2.75, 3.05) is 10.6 Å². The molecule has 5 aromatic rings. The Bertz CT molecular complexity index is 1420. The number of nitrogens with zero attached hydrogens (tertiary/aromatic N) is 2. The second kappa shape index (κ2) is 9.10. The Morgan fingerprint density at radius 2 is 1.42 bits per heavy atom. The second-order valence-electron chi connectivity index (χ2n) is 7.45. The van der Waals surface area contributed by atoms with Gasteiger partial charge in [0.2, 0.25) is 5.95 Å². The lowest BCUT2D eigenvalue weighted by Crippen LogP contribution is -2.11. The van der Waals surface area contributed by atoms with Crippen molar-refractivity contribution in [3.63, 3.8) is 0 Å². The van der Waals surface area contributed by atoms with Gasteiger partial charge in [0.1, 0.15) is 0 Å². The van der Waals surface area contributed by atoms with Crippen molar-refractivity contribution in [2.24, 2.45) is 0 Å². The van der Waals surface area contributed by atoms with E-state index in [9.17, 15) is 4.79 Å². The van der Waals surface area contributed by atoms with Crippen molar-refractivity contribution < 1.29 is 4.79 Å². The van der Waals surface area contributed by atoms with E-state index in [-0.39, 0.29) is 5.91 Å². The molecule has 1 heterocycles. The first kappa shape index (κ1) is 20.7. The lowest BCUT2D eigenvalue weighted by Gasteiger charge is -2.11. The molecule has 6 heteroatoms. The predicted molar refractivity (Wildman–Crippen MR) is 134 cm³/mol. The predicted octanol–water partition coefficient (Wildman–Crippen LogP) is 6.95. The molecule has 160 valence electrons. The van der Waals surface area contributed by atoms with E-state index in [0.29, 0.717) is 16.5 Å². The van der Waals surface area contributed by atoms with Crippen LogP contribution in [0.4, 0.5) is 17.3 Å². The van der Waals surface area contributed by atoms with Gasteiger partial charge >= 0.3 is 0 Å². The summed E-state index contributed by atoms with van der Waals surface area (Å²) in [6, 6.07) is 32.1. The zero-order valence-electron chi connectivity index (χ0n) is 17.5. The van der Waals surface area contributed by atoms with Gasteiger partial charge in [-0.3, -0.25) is 4.79 Å². The summed E-state index contributed by atoms with van der Waals surface area (Å²) in [5.41, 5.74) is 4.65. The van der Waals surface area contributed by atoms with Gasteiger partial charge in [-0.25, -0.2) is 9.97 Å². The Labute approximate surface area is 196 Å². The molecule has 0 saturated carbocycles. The van der Waals surface area contributed by atoms with Crippen molar-refractivity contribution in [3.05, 3.63) is 114 Å². The first-order valence-electron chi connectivity index (χ1n) is 10.4. The number of rotatable bonds is 5. The third-order valence-corrected chi connectivity index (χ3v) is 5.37. The monoisotopic (exact) mass is 450 g/mol. The fourth-order valence-corrected chi connectivity index (χ4v) is 3.70. The first-order valence-corrected chi connectivity index (χ1v) is 10.8. The molecular formula is C27H19ClN4O. The molecule has 0 aliphatic carbocycles. The molecule has 33 heavy (non-hydrogen) atoms. The SMILES string of the molecule is O=C(Nc1ccccc1)c1ccc(Nc2nc(-c3ccccc3)c3cc(Cl)ccc3n2)cc1. The summed E-state index contributed by atoms with van der Waals surface area (Å²) in [5.74, 6) is 0.295. The minimum absolute atomic E-state index is 0.169. The van der Waals surface area contributed by atoms with E-state index in [2.05, 4.69) is 15.6 Å². The molecule has 0 saturated heterocycles. The number of hydrogen-bond donors (Lipinski definition) is 2. The molecule has 0 unspecified atom stereocenters. The molecule has 4 aromatic carbocycles. The molecule has 0 radical (unpaired) electrons. The van der Waals surface area contributed by atoms with Gasteiger partial charge in [-0.1, -0.05) is 60.1 Å². The van der Waals surface area contributed by atoms with E-state index in [1.807, 2.05) is 91.0 Å². The van der Waals surface area contributed by atoms with E-state index >= 15 is 0 Å². The van der Waals surface area contributed by atoms with E-state index < -0.39 is 0 Å². The summed E-state index contributed by atoms with van der Waals surface area (Å²) >= 11 is 6.24. The third-order valence-electron chi connectivity index (χ3n) is 5.14. The number of hydrogen-bond acceptors (Lipinski definition) is 4. The lowest BCUT2D eigenvalue weighted by atomic mass is 10.1. The number of nitrogens with one attached hydrogen (secondary N) is 2. The Morgan fingerprint density at radius 3 is 2.15 bits per heavy atom. The molecule has 0 fully saturated rings. The van der Waals surface area contributed by atoms with Crippen molar-refractivity contribution >= 4 is 45.7 Å².